The Labute approximate surface area is 120 Å². The fraction of sp³-hybridized carbons (Fsp3) is 0.562. The zero-order valence-electron chi connectivity index (χ0n) is 12.4. The largest absolute Gasteiger partial charge is 0.384 e. The van der Waals surface area contributed by atoms with Gasteiger partial charge in [0.25, 0.3) is 0 Å². The lowest BCUT2D eigenvalue weighted by atomic mass is 9.90. The summed E-state index contributed by atoms with van der Waals surface area (Å²) in [5, 5.41) is 6.41. The second-order valence-corrected chi connectivity index (χ2v) is 5.57. The topological polar surface area (TPSA) is 50.4 Å². The van der Waals surface area contributed by atoms with Crippen LogP contribution in [0, 0.1) is 0 Å². The van der Waals surface area contributed by atoms with Crippen molar-refractivity contribution in [1.29, 1.82) is 0 Å². The monoisotopic (exact) mass is 276 g/mol. The minimum atomic E-state index is -0.452. The number of carbonyl (C=O) groups excluding carboxylic acids is 1. The maximum absolute atomic E-state index is 12.5. The van der Waals surface area contributed by atoms with Gasteiger partial charge in [0.2, 0.25) is 5.91 Å². The van der Waals surface area contributed by atoms with E-state index in [2.05, 4.69) is 10.6 Å². The molecule has 4 heteroatoms. The Bertz CT molecular complexity index is 454. The fourth-order valence-corrected chi connectivity index (χ4v) is 2.58. The number of piperidine rings is 1. The summed E-state index contributed by atoms with van der Waals surface area (Å²) in [4.78, 5) is 12.5. The summed E-state index contributed by atoms with van der Waals surface area (Å²) in [5.41, 5.74) is 1.55. The molecular weight excluding hydrogens is 252 g/mol. The second kappa shape index (κ2) is 6.86. The molecule has 4 nitrogen and oxygen atoms in total. The van der Waals surface area contributed by atoms with Crippen LogP contribution in [0.5, 0.6) is 0 Å². The molecule has 1 aliphatic heterocycles. The van der Waals surface area contributed by atoms with Gasteiger partial charge in [0.15, 0.2) is 0 Å². The zero-order valence-corrected chi connectivity index (χ0v) is 12.4. The standard InChI is InChI=1S/C16H24N2O2/c1-16(10-5-6-11-17-16)15(19)18-14-8-4-3-7-13(14)9-12-20-2/h3-4,7-8,17H,5-6,9-12H2,1-2H3,(H,18,19). The van der Waals surface area contributed by atoms with Crippen LogP contribution in [0.25, 0.3) is 0 Å². The number of carbonyl (C=O) groups is 1. The van der Waals surface area contributed by atoms with E-state index in [9.17, 15) is 4.79 Å². The highest BCUT2D eigenvalue weighted by molar-refractivity contribution is 5.98. The molecule has 0 aromatic heterocycles. The summed E-state index contributed by atoms with van der Waals surface area (Å²) < 4.78 is 5.12. The minimum Gasteiger partial charge on any atom is -0.384 e. The Kier molecular flexibility index (Phi) is 5.15. The number of methoxy groups -OCH3 is 1. The predicted molar refractivity (Wildman–Crippen MR) is 80.9 cm³/mol. The molecule has 1 aromatic rings. The molecule has 0 aliphatic carbocycles. The molecule has 1 unspecified atom stereocenters. The third kappa shape index (κ3) is 3.58. The molecule has 0 bridgehead atoms. The Balaban J connectivity index is 2.07. The van der Waals surface area contributed by atoms with Crippen LogP contribution in [0.15, 0.2) is 24.3 Å². The van der Waals surface area contributed by atoms with Crippen molar-refractivity contribution in [2.75, 3.05) is 25.6 Å². The molecule has 1 saturated heterocycles. The van der Waals surface area contributed by atoms with E-state index in [1.165, 1.54) is 0 Å². The van der Waals surface area contributed by atoms with Crippen molar-refractivity contribution in [3.8, 4) is 0 Å². The average Bonchev–Trinajstić information content (AvgIpc) is 2.47. The van der Waals surface area contributed by atoms with Gasteiger partial charge in [-0.15, -0.1) is 0 Å². The number of benzene rings is 1. The van der Waals surface area contributed by atoms with Gasteiger partial charge in [-0.25, -0.2) is 0 Å². The molecule has 2 N–H and O–H groups in total. The molecule has 0 saturated carbocycles. The SMILES string of the molecule is COCCc1ccccc1NC(=O)C1(C)CCCCN1. The van der Waals surface area contributed by atoms with Gasteiger partial charge in [-0.05, 0) is 50.8 Å². The van der Waals surface area contributed by atoms with Gasteiger partial charge >= 0.3 is 0 Å². The molecule has 1 aliphatic rings. The van der Waals surface area contributed by atoms with Gasteiger partial charge < -0.3 is 15.4 Å². The zero-order chi connectivity index (χ0) is 14.4. The third-order valence-electron chi connectivity index (χ3n) is 3.96. The van der Waals surface area contributed by atoms with Crippen LogP contribution in [-0.2, 0) is 16.0 Å². The van der Waals surface area contributed by atoms with Gasteiger partial charge in [-0.3, -0.25) is 4.79 Å². The number of hydrogen-bond donors (Lipinski definition) is 2. The number of amides is 1. The molecule has 2 rings (SSSR count). The van der Waals surface area contributed by atoms with Crippen molar-refractivity contribution in [3.05, 3.63) is 29.8 Å². The average molecular weight is 276 g/mol. The highest BCUT2D eigenvalue weighted by Gasteiger charge is 2.34. The number of hydrogen-bond acceptors (Lipinski definition) is 3. The first-order valence-electron chi connectivity index (χ1n) is 7.29. The van der Waals surface area contributed by atoms with Crippen molar-refractivity contribution >= 4 is 11.6 Å². The van der Waals surface area contributed by atoms with Gasteiger partial charge in [0, 0.05) is 12.8 Å². The molecule has 1 atom stereocenters. The molecule has 0 spiro atoms. The van der Waals surface area contributed by atoms with Crippen LogP contribution >= 0.6 is 0 Å². The number of para-hydroxylation sites is 1. The summed E-state index contributed by atoms with van der Waals surface area (Å²) in [6, 6.07) is 7.92. The van der Waals surface area contributed by atoms with Crippen LogP contribution in [0.4, 0.5) is 5.69 Å². The molecular formula is C16H24N2O2. The predicted octanol–water partition coefficient (Wildman–Crippen LogP) is 2.35. The summed E-state index contributed by atoms with van der Waals surface area (Å²) in [5.74, 6) is 0.0575. The normalized spacial score (nSPS) is 22.5. The van der Waals surface area contributed by atoms with Gasteiger partial charge in [-0.2, -0.15) is 0 Å². The maximum Gasteiger partial charge on any atom is 0.244 e. The van der Waals surface area contributed by atoms with Gasteiger partial charge in [-0.1, -0.05) is 18.2 Å². The summed E-state index contributed by atoms with van der Waals surface area (Å²) in [7, 11) is 1.69. The number of nitrogens with one attached hydrogen (secondary N) is 2. The molecule has 1 fully saturated rings. The van der Waals surface area contributed by atoms with Gasteiger partial charge in [0.1, 0.15) is 0 Å². The van der Waals surface area contributed by atoms with E-state index in [1.54, 1.807) is 7.11 Å². The van der Waals surface area contributed by atoms with Gasteiger partial charge in [0.05, 0.1) is 12.1 Å². The molecule has 0 radical (unpaired) electrons. The summed E-state index contributed by atoms with van der Waals surface area (Å²) in [6.45, 7) is 3.55. The van der Waals surface area contributed by atoms with Crippen molar-refractivity contribution in [1.82, 2.24) is 5.32 Å². The van der Waals surface area contributed by atoms with E-state index in [4.69, 9.17) is 4.74 Å². The van der Waals surface area contributed by atoms with E-state index < -0.39 is 5.54 Å². The highest BCUT2D eigenvalue weighted by atomic mass is 16.5. The molecule has 1 heterocycles. The van der Waals surface area contributed by atoms with Crippen LogP contribution < -0.4 is 10.6 Å². The third-order valence-corrected chi connectivity index (χ3v) is 3.96. The Morgan fingerprint density at radius 2 is 2.20 bits per heavy atom. The lowest BCUT2D eigenvalue weighted by Crippen LogP contribution is -2.54. The van der Waals surface area contributed by atoms with E-state index in [0.717, 1.165) is 43.5 Å². The van der Waals surface area contributed by atoms with Crippen LogP contribution in [0.3, 0.4) is 0 Å². The highest BCUT2D eigenvalue weighted by Crippen LogP contribution is 2.22. The first kappa shape index (κ1) is 15.0. The lowest BCUT2D eigenvalue weighted by molar-refractivity contribution is -0.122. The van der Waals surface area contributed by atoms with Crippen LogP contribution in [0.1, 0.15) is 31.7 Å². The minimum absolute atomic E-state index is 0.0575. The lowest BCUT2D eigenvalue weighted by Gasteiger charge is -2.33. The maximum atomic E-state index is 12.5. The quantitative estimate of drug-likeness (QED) is 0.868. The van der Waals surface area contributed by atoms with Crippen molar-refractivity contribution in [2.24, 2.45) is 0 Å². The number of rotatable bonds is 5. The van der Waals surface area contributed by atoms with E-state index >= 15 is 0 Å². The number of ether oxygens (including phenoxy) is 1. The van der Waals surface area contributed by atoms with Crippen LogP contribution in [0.2, 0.25) is 0 Å². The molecule has 20 heavy (non-hydrogen) atoms. The van der Waals surface area contributed by atoms with Crippen molar-refractivity contribution in [3.63, 3.8) is 0 Å². The Morgan fingerprint density at radius 3 is 2.90 bits per heavy atom. The molecule has 1 aromatic carbocycles. The first-order chi connectivity index (χ1) is 9.65. The van der Waals surface area contributed by atoms with E-state index in [1.807, 2.05) is 31.2 Å². The first-order valence-corrected chi connectivity index (χ1v) is 7.29. The summed E-state index contributed by atoms with van der Waals surface area (Å²) in [6.07, 6.45) is 3.94. The van der Waals surface area contributed by atoms with Crippen LogP contribution in [-0.4, -0.2) is 31.7 Å². The van der Waals surface area contributed by atoms with Crippen molar-refractivity contribution in [2.45, 2.75) is 38.1 Å². The smallest absolute Gasteiger partial charge is 0.244 e. The van der Waals surface area contributed by atoms with E-state index in [-0.39, 0.29) is 5.91 Å². The second-order valence-electron chi connectivity index (χ2n) is 5.57. The fourth-order valence-electron chi connectivity index (χ4n) is 2.58. The Hall–Kier alpha value is -1.39. The molecule has 110 valence electrons. The number of anilines is 1. The molecule has 1 amide bonds. The summed E-state index contributed by atoms with van der Waals surface area (Å²) >= 11 is 0. The van der Waals surface area contributed by atoms with Crippen molar-refractivity contribution < 1.29 is 9.53 Å². The van der Waals surface area contributed by atoms with E-state index in [0.29, 0.717) is 6.61 Å². The Morgan fingerprint density at radius 1 is 1.40 bits per heavy atom.